The summed E-state index contributed by atoms with van der Waals surface area (Å²) in [6, 6.07) is 16.2. The van der Waals surface area contributed by atoms with Gasteiger partial charge in [0.2, 0.25) is 0 Å². The van der Waals surface area contributed by atoms with Crippen LogP contribution in [0, 0.1) is 23.0 Å². The molecule has 0 aromatic heterocycles. The van der Waals surface area contributed by atoms with Crippen LogP contribution >= 0.6 is 0 Å². The Morgan fingerprint density at radius 1 is 0.912 bits per heavy atom. The molecule has 1 heterocycles. The van der Waals surface area contributed by atoms with Gasteiger partial charge in [0.1, 0.15) is 11.6 Å². The van der Waals surface area contributed by atoms with Crippen molar-refractivity contribution in [3.8, 4) is 17.2 Å². The summed E-state index contributed by atoms with van der Waals surface area (Å²) in [4.78, 5) is 16.8. The van der Waals surface area contributed by atoms with Gasteiger partial charge >= 0.3 is 0 Å². The Balaban J connectivity index is 1.63. The third-order valence-electron chi connectivity index (χ3n) is 5.80. The zero-order chi connectivity index (χ0) is 24.5. The van der Waals surface area contributed by atoms with Crippen molar-refractivity contribution in [2.45, 2.75) is 4.90 Å². The number of piperazine rings is 1. The Morgan fingerprint density at radius 3 is 2.24 bits per heavy atom. The third kappa shape index (κ3) is 4.63. The number of benzene rings is 3. The molecule has 0 saturated carbocycles. The van der Waals surface area contributed by atoms with Crippen molar-refractivity contribution in [3.63, 3.8) is 0 Å². The lowest BCUT2D eigenvalue weighted by Crippen LogP contribution is -2.49. The summed E-state index contributed by atoms with van der Waals surface area (Å²) in [7, 11) is -3.59. The molecular weight excluding hydrogens is 460 g/mol. The zero-order valence-corrected chi connectivity index (χ0v) is 19.1. The molecule has 3 aromatic carbocycles. The number of nitrogens with zero attached hydrogens (tertiary/aromatic N) is 3. The van der Waals surface area contributed by atoms with Gasteiger partial charge in [-0.2, -0.15) is 5.26 Å². The number of amides is 1. The second kappa shape index (κ2) is 9.23. The van der Waals surface area contributed by atoms with Gasteiger partial charge in [0, 0.05) is 43.6 Å². The molecule has 1 saturated heterocycles. The number of nitriles is 1. The summed E-state index contributed by atoms with van der Waals surface area (Å²) >= 11 is 0. The second-order valence-electron chi connectivity index (χ2n) is 8.02. The van der Waals surface area contributed by atoms with Crippen LogP contribution in [0.3, 0.4) is 0 Å². The van der Waals surface area contributed by atoms with Crippen LogP contribution in [-0.2, 0) is 9.84 Å². The van der Waals surface area contributed by atoms with Crippen molar-refractivity contribution in [2.75, 3.05) is 37.3 Å². The number of hydrogen-bond donors (Lipinski definition) is 0. The standard InChI is InChI=1S/C25H21F2N3O3S/c1-34(32,33)18-7-8-19(20-4-2-3-5-22(20)26)21(15-18)25(31)30-12-10-29(11-13-30)24-9-6-17(16-28)14-23(24)27/h2-9,14-15H,10-13H2,1H3. The monoisotopic (exact) mass is 481 g/mol. The van der Waals surface area contributed by atoms with E-state index in [1.807, 2.05) is 6.07 Å². The van der Waals surface area contributed by atoms with Crippen molar-refractivity contribution < 1.29 is 22.0 Å². The van der Waals surface area contributed by atoms with Gasteiger partial charge in [-0.15, -0.1) is 0 Å². The molecule has 1 amide bonds. The van der Waals surface area contributed by atoms with Gasteiger partial charge in [-0.1, -0.05) is 24.3 Å². The molecule has 0 unspecified atom stereocenters. The van der Waals surface area contributed by atoms with E-state index in [-0.39, 0.29) is 34.7 Å². The van der Waals surface area contributed by atoms with E-state index in [9.17, 15) is 22.0 Å². The fourth-order valence-corrected chi connectivity index (χ4v) is 4.65. The first-order chi connectivity index (χ1) is 16.2. The Labute approximate surface area is 196 Å². The normalized spacial score (nSPS) is 14.1. The molecule has 1 fully saturated rings. The fourth-order valence-electron chi connectivity index (χ4n) is 4.00. The van der Waals surface area contributed by atoms with Gasteiger partial charge in [-0.3, -0.25) is 4.79 Å². The van der Waals surface area contributed by atoms with Crippen LogP contribution in [0.5, 0.6) is 0 Å². The van der Waals surface area contributed by atoms with Crippen LogP contribution in [0.1, 0.15) is 15.9 Å². The first-order valence-electron chi connectivity index (χ1n) is 10.5. The summed E-state index contributed by atoms with van der Waals surface area (Å²) in [5, 5.41) is 8.92. The summed E-state index contributed by atoms with van der Waals surface area (Å²) in [6.45, 7) is 1.21. The van der Waals surface area contributed by atoms with E-state index in [4.69, 9.17) is 5.26 Å². The lowest BCUT2D eigenvalue weighted by atomic mass is 9.98. The minimum absolute atomic E-state index is 0.0331. The van der Waals surface area contributed by atoms with E-state index in [0.717, 1.165) is 6.26 Å². The van der Waals surface area contributed by atoms with Crippen LogP contribution in [0.25, 0.3) is 11.1 Å². The van der Waals surface area contributed by atoms with Crippen molar-refractivity contribution in [1.82, 2.24) is 4.90 Å². The third-order valence-corrected chi connectivity index (χ3v) is 6.91. The molecule has 0 N–H and O–H groups in total. The molecule has 0 atom stereocenters. The fraction of sp³-hybridized carbons (Fsp3) is 0.200. The van der Waals surface area contributed by atoms with Gasteiger partial charge < -0.3 is 9.80 Å². The molecule has 0 spiro atoms. The van der Waals surface area contributed by atoms with Gasteiger partial charge in [0.05, 0.1) is 22.2 Å². The highest BCUT2D eigenvalue weighted by Gasteiger charge is 2.27. The maximum Gasteiger partial charge on any atom is 0.254 e. The average Bonchev–Trinajstić information content (AvgIpc) is 2.83. The van der Waals surface area contributed by atoms with Crippen molar-refractivity contribution in [1.29, 1.82) is 5.26 Å². The van der Waals surface area contributed by atoms with Crippen LogP contribution in [0.2, 0.25) is 0 Å². The molecule has 174 valence electrons. The van der Waals surface area contributed by atoms with Gasteiger partial charge in [0.25, 0.3) is 5.91 Å². The van der Waals surface area contributed by atoms with Crippen molar-refractivity contribution in [3.05, 3.63) is 83.4 Å². The number of carbonyl (C=O) groups is 1. The molecule has 4 rings (SSSR count). The highest BCUT2D eigenvalue weighted by atomic mass is 32.2. The van der Waals surface area contributed by atoms with Crippen LogP contribution in [0.15, 0.2) is 65.6 Å². The highest BCUT2D eigenvalue weighted by molar-refractivity contribution is 7.90. The molecule has 0 radical (unpaired) electrons. The predicted molar refractivity (Wildman–Crippen MR) is 124 cm³/mol. The number of carbonyl (C=O) groups excluding carboxylic acids is 1. The molecule has 3 aromatic rings. The summed E-state index contributed by atoms with van der Waals surface area (Å²) in [6.07, 6.45) is 1.05. The second-order valence-corrected chi connectivity index (χ2v) is 10.0. The highest BCUT2D eigenvalue weighted by Crippen LogP contribution is 2.30. The SMILES string of the molecule is CS(=O)(=O)c1ccc(-c2ccccc2F)c(C(=O)N2CCN(c3ccc(C#N)cc3F)CC2)c1. The Morgan fingerprint density at radius 2 is 1.62 bits per heavy atom. The first-order valence-corrected chi connectivity index (χ1v) is 12.4. The molecule has 34 heavy (non-hydrogen) atoms. The Bertz CT molecular complexity index is 1410. The lowest BCUT2D eigenvalue weighted by molar-refractivity contribution is 0.0747. The maximum absolute atomic E-state index is 14.5. The van der Waals surface area contributed by atoms with Crippen molar-refractivity contribution >= 4 is 21.4 Å². The van der Waals surface area contributed by atoms with Gasteiger partial charge in [-0.05, 0) is 42.0 Å². The number of hydrogen-bond acceptors (Lipinski definition) is 5. The van der Waals surface area contributed by atoms with E-state index in [0.29, 0.717) is 24.3 Å². The number of anilines is 1. The Kier molecular flexibility index (Phi) is 6.35. The maximum atomic E-state index is 14.5. The molecule has 0 aliphatic carbocycles. The van der Waals surface area contributed by atoms with E-state index in [1.165, 1.54) is 54.6 Å². The zero-order valence-electron chi connectivity index (χ0n) is 18.3. The largest absolute Gasteiger partial charge is 0.366 e. The van der Waals surface area contributed by atoms with Crippen LogP contribution < -0.4 is 4.90 Å². The quantitative estimate of drug-likeness (QED) is 0.565. The number of halogens is 2. The average molecular weight is 482 g/mol. The van der Waals surface area contributed by atoms with E-state index < -0.39 is 27.4 Å². The Hall–Kier alpha value is -3.77. The number of rotatable bonds is 4. The topological polar surface area (TPSA) is 81.5 Å². The van der Waals surface area contributed by atoms with Crippen LogP contribution in [-0.4, -0.2) is 51.7 Å². The van der Waals surface area contributed by atoms with E-state index in [2.05, 4.69) is 0 Å². The smallest absolute Gasteiger partial charge is 0.254 e. The lowest BCUT2D eigenvalue weighted by Gasteiger charge is -2.36. The predicted octanol–water partition coefficient (Wildman–Crippen LogP) is 3.87. The van der Waals surface area contributed by atoms with Gasteiger partial charge in [-0.25, -0.2) is 17.2 Å². The number of sulfone groups is 1. The minimum atomic E-state index is -3.59. The van der Waals surface area contributed by atoms with E-state index in [1.54, 1.807) is 15.9 Å². The molecule has 0 bridgehead atoms. The summed E-state index contributed by atoms with van der Waals surface area (Å²) < 4.78 is 53.2. The summed E-state index contributed by atoms with van der Waals surface area (Å²) in [5.74, 6) is -1.46. The first kappa shape index (κ1) is 23.4. The molecule has 6 nitrogen and oxygen atoms in total. The van der Waals surface area contributed by atoms with Crippen LogP contribution in [0.4, 0.5) is 14.5 Å². The van der Waals surface area contributed by atoms with Gasteiger partial charge in [0.15, 0.2) is 9.84 Å². The van der Waals surface area contributed by atoms with E-state index >= 15 is 0 Å². The molecule has 1 aliphatic rings. The molecule has 1 aliphatic heterocycles. The summed E-state index contributed by atoms with van der Waals surface area (Å²) in [5.41, 5.74) is 1.16. The molecular formula is C25H21F2N3O3S. The minimum Gasteiger partial charge on any atom is -0.366 e. The molecule has 9 heteroatoms. The van der Waals surface area contributed by atoms with Crippen molar-refractivity contribution in [2.24, 2.45) is 0 Å².